The molecule has 0 bridgehead atoms. The normalized spacial score (nSPS) is 17.4. The largest absolute Gasteiger partial charge is 0.504 e. The highest BCUT2D eigenvalue weighted by Gasteiger charge is 2.42. The molecule has 2 amide bonds. The summed E-state index contributed by atoms with van der Waals surface area (Å²) in [7, 11) is 0. The average Bonchev–Trinajstić information content (AvgIpc) is 3.07. The molecule has 0 spiro atoms. The van der Waals surface area contributed by atoms with Crippen molar-refractivity contribution in [3.8, 4) is 23.0 Å². The van der Waals surface area contributed by atoms with Crippen LogP contribution < -0.4 is 15.4 Å². The lowest BCUT2D eigenvalue weighted by molar-refractivity contribution is -0.124. The first-order valence-electron chi connectivity index (χ1n) is 10.4. The number of carbonyl (C=O) groups is 2. The number of benzene rings is 2. The molecule has 8 nitrogen and oxygen atoms in total. The number of fused-ring (bicyclic) bond motifs is 1. The van der Waals surface area contributed by atoms with Crippen LogP contribution in [0.1, 0.15) is 56.4 Å². The Kier molecular flexibility index (Phi) is 6.62. The first-order valence-corrected chi connectivity index (χ1v) is 10.4. The monoisotopic (exact) mass is 440 g/mol. The van der Waals surface area contributed by atoms with Crippen LogP contribution in [0, 0.1) is 0 Å². The van der Waals surface area contributed by atoms with E-state index in [1.165, 1.54) is 24.3 Å². The molecule has 0 aromatic heterocycles. The maximum Gasteiger partial charge on any atom is 0.244 e. The standard InChI is InChI=1S/C24H28N2O6/c1-12(2)25-20(30)8-5-14-9-16-21(24(31)26-13(3)4)22(32-23(16)19(29)10-14)15-6-7-17(27)18(28)11-15/h5-13,21-22,27-29H,1-4H3,(H,25,30)(H,26,31)/b8-5+/t21-,22+/m0/s1. The Morgan fingerprint density at radius 3 is 2.25 bits per heavy atom. The zero-order chi connectivity index (χ0) is 23.6. The van der Waals surface area contributed by atoms with Crippen molar-refractivity contribution in [1.82, 2.24) is 10.6 Å². The van der Waals surface area contributed by atoms with Gasteiger partial charge in [-0.15, -0.1) is 0 Å². The maximum absolute atomic E-state index is 13.1. The Labute approximate surface area is 186 Å². The Morgan fingerprint density at radius 1 is 0.938 bits per heavy atom. The van der Waals surface area contributed by atoms with Gasteiger partial charge in [-0.3, -0.25) is 9.59 Å². The molecule has 8 heteroatoms. The number of hydrogen-bond acceptors (Lipinski definition) is 6. The number of rotatable bonds is 6. The third-order valence-corrected chi connectivity index (χ3v) is 4.90. The quantitative estimate of drug-likeness (QED) is 0.347. The van der Waals surface area contributed by atoms with Gasteiger partial charge in [0, 0.05) is 23.7 Å². The lowest BCUT2D eigenvalue weighted by Crippen LogP contribution is -2.36. The van der Waals surface area contributed by atoms with Crippen molar-refractivity contribution in [2.75, 3.05) is 0 Å². The van der Waals surface area contributed by atoms with E-state index in [0.717, 1.165) is 0 Å². The van der Waals surface area contributed by atoms with Crippen LogP contribution in [-0.4, -0.2) is 39.2 Å². The average molecular weight is 440 g/mol. The highest BCUT2D eigenvalue weighted by atomic mass is 16.5. The van der Waals surface area contributed by atoms with Crippen LogP contribution in [-0.2, 0) is 9.59 Å². The van der Waals surface area contributed by atoms with E-state index < -0.39 is 12.0 Å². The third-order valence-electron chi connectivity index (χ3n) is 4.90. The van der Waals surface area contributed by atoms with Crippen molar-refractivity contribution in [3.05, 3.63) is 53.1 Å². The van der Waals surface area contributed by atoms with Crippen molar-refractivity contribution >= 4 is 17.9 Å². The van der Waals surface area contributed by atoms with Crippen LogP contribution in [0.25, 0.3) is 6.08 Å². The second kappa shape index (κ2) is 9.21. The summed E-state index contributed by atoms with van der Waals surface area (Å²) in [6.45, 7) is 7.37. The molecule has 32 heavy (non-hydrogen) atoms. The second-order valence-corrected chi connectivity index (χ2v) is 8.38. The van der Waals surface area contributed by atoms with E-state index in [1.807, 2.05) is 27.7 Å². The van der Waals surface area contributed by atoms with Crippen LogP contribution in [0.5, 0.6) is 23.0 Å². The molecule has 2 atom stereocenters. The summed E-state index contributed by atoms with van der Waals surface area (Å²) in [5.74, 6) is -2.04. The number of hydrogen-bond donors (Lipinski definition) is 5. The van der Waals surface area contributed by atoms with Crippen molar-refractivity contribution in [3.63, 3.8) is 0 Å². The van der Waals surface area contributed by atoms with E-state index in [9.17, 15) is 24.9 Å². The van der Waals surface area contributed by atoms with Crippen molar-refractivity contribution in [2.45, 2.75) is 51.8 Å². The smallest absolute Gasteiger partial charge is 0.244 e. The first-order chi connectivity index (χ1) is 15.1. The Bertz CT molecular complexity index is 1060. The molecule has 0 radical (unpaired) electrons. The van der Waals surface area contributed by atoms with E-state index in [1.54, 1.807) is 18.2 Å². The molecule has 3 rings (SSSR count). The van der Waals surface area contributed by atoms with Crippen LogP contribution >= 0.6 is 0 Å². The predicted octanol–water partition coefficient (Wildman–Crippen LogP) is 3.08. The molecule has 0 saturated heterocycles. The van der Waals surface area contributed by atoms with Gasteiger partial charge in [0.1, 0.15) is 12.0 Å². The van der Waals surface area contributed by atoms with Gasteiger partial charge in [0.05, 0.1) is 0 Å². The van der Waals surface area contributed by atoms with Gasteiger partial charge in [0.15, 0.2) is 23.0 Å². The molecule has 0 aliphatic carbocycles. The van der Waals surface area contributed by atoms with E-state index >= 15 is 0 Å². The summed E-state index contributed by atoms with van der Waals surface area (Å²) < 4.78 is 5.96. The van der Waals surface area contributed by atoms with Gasteiger partial charge in [-0.05, 0) is 69.2 Å². The van der Waals surface area contributed by atoms with Crippen LogP contribution in [0.4, 0.5) is 0 Å². The van der Waals surface area contributed by atoms with Gasteiger partial charge in [-0.25, -0.2) is 0 Å². The van der Waals surface area contributed by atoms with E-state index in [4.69, 9.17) is 4.74 Å². The first kappa shape index (κ1) is 23.0. The number of phenols is 3. The Hall–Kier alpha value is -3.68. The number of ether oxygens (including phenoxy) is 1. The van der Waals surface area contributed by atoms with E-state index in [2.05, 4.69) is 10.6 Å². The van der Waals surface area contributed by atoms with Crippen molar-refractivity contribution in [1.29, 1.82) is 0 Å². The SMILES string of the molecule is CC(C)NC(=O)/C=C/c1cc(O)c2c(c1)[C@H](C(=O)NC(C)C)[C@@H](c1ccc(O)c(O)c1)O2. The molecule has 1 aliphatic rings. The van der Waals surface area contributed by atoms with E-state index in [0.29, 0.717) is 16.7 Å². The Balaban J connectivity index is 2.02. The summed E-state index contributed by atoms with van der Waals surface area (Å²) in [4.78, 5) is 25.0. The molecule has 0 unspecified atom stereocenters. The molecule has 2 aromatic carbocycles. The minimum absolute atomic E-state index is 0.0134. The zero-order valence-electron chi connectivity index (χ0n) is 18.4. The molecule has 5 N–H and O–H groups in total. The summed E-state index contributed by atoms with van der Waals surface area (Å²) in [6, 6.07) is 7.20. The summed E-state index contributed by atoms with van der Waals surface area (Å²) in [6.07, 6.45) is 2.08. The fourth-order valence-electron chi connectivity index (χ4n) is 3.61. The number of phenolic OH excluding ortho intramolecular Hbond substituents is 3. The molecular formula is C24H28N2O6. The van der Waals surface area contributed by atoms with Crippen molar-refractivity contribution < 1.29 is 29.6 Å². The topological polar surface area (TPSA) is 128 Å². The number of aromatic hydroxyl groups is 3. The molecular weight excluding hydrogens is 412 g/mol. The lowest BCUT2D eigenvalue weighted by atomic mass is 9.89. The van der Waals surface area contributed by atoms with Crippen LogP contribution in [0.3, 0.4) is 0 Å². The molecule has 1 heterocycles. The van der Waals surface area contributed by atoms with Gasteiger partial charge in [-0.1, -0.05) is 6.07 Å². The molecule has 2 aromatic rings. The fourth-order valence-corrected chi connectivity index (χ4v) is 3.61. The second-order valence-electron chi connectivity index (χ2n) is 8.38. The van der Waals surface area contributed by atoms with Gasteiger partial charge < -0.3 is 30.7 Å². The van der Waals surface area contributed by atoms with Gasteiger partial charge >= 0.3 is 0 Å². The minimum Gasteiger partial charge on any atom is -0.504 e. The van der Waals surface area contributed by atoms with E-state index in [-0.39, 0.29) is 46.9 Å². The van der Waals surface area contributed by atoms with Gasteiger partial charge in [-0.2, -0.15) is 0 Å². The number of amides is 2. The predicted molar refractivity (Wildman–Crippen MR) is 120 cm³/mol. The Morgan fingerprint density at radius 2 is 1.62 bits per heavy atom. The van der Waals surface area contributed by atoms with Crippen LogP contribution in [0.2, 0.25) is 0 Å². The zero-order valence-corrected chi connectivity index (χ0v) is 18.4. The highest BCUT2D eigenvalue weighted by molar-refractivity contribution is 5.92. The van der Waals surface area contributed by atoms with Gasteiger partial charge in [0.2, 0.25) is 11.8 Å². The minimum atomic E-state index is -0.829. The number of nitrogens with one attached hydrogen (secondary N) is 2. The molecule has 0 saturated carbocycles. The lowest BCUT2D eigenvalue weighted by Gasteiger charge is -2.20. The third kappa shape index (κ3) is 4.96. The molecule has 0 fully saturated rings. The van der Waals surface area contributed by atoms with Crippen LogP contribution in [0.15, 0.2) is 36.4 Å². The molecule has 170 valence electrons. The summed E-state index contributed by atoms with van der Waals surface area (Å²) in [5.41, 5.74) is 1.46. The summed E-state index contributed by atoms with van der Waals surface area (Å²) >= 11 is 0. The molecule has 1 aliphatic heterocycles. The maximum atomic E-state index is 13.1. The van der Waals surface area contributed by atoms with Gasteiger partial charge in [0.25, 0.3) is 0 Å². The fraction of sp³-hybridized carbons (Fsp3) is 0.333. The highest BCUT2D eigenvalue weighted by Crippen LogP contribution is 2.51. The van der Waals surface area contributed by atoms with Crippen molar-refractivity contribution in [2.24, 2.45) is 0 Å². The number of carbonyl (C=O) groups excluding carboxylic acids is 2. The summed E-state index contributed by atoms with van der Waals surface area (Å²) in [5, 5.41) is 35.8.